The summed E-state index contributed by atoms with van der Waals surface area (Å²) in [5, 5.41) is 9.31. The third-order valence-corrected chi connectivity index (χ3v) is 7.30. The minimum atomic E-state index is 0.222. The lowest BCUT2D eigenvalue weighted by Gasteiger charge is -2.27. The highest BCUT2D eigenvalue weighted by Gasteiger charge is 2.54. The molecule has 1 aliphatic heterocycles. The summed E-state index contributed by atoms with van der Waals surface area (Å²) >= 11 is 0. The molecule has 2 atom stereocenters. The maximum atomic E-state index is 9.31. The minimum Gasteiger partial charge on any atom is -0.395 e. The molecule has 3 aliphatic rings. The van der Waals surface area contributed by atoms with E-state index in [0.717, 1.165) is 43.8 Å². The monoisotopic (exact) mass is 407 g/mol. The molecule has 1 saturated heterocycles. The van der Waals surface area contributed by atoms with Crippen molar-refractivity contribution in [3.63, 3.8) is 0 Å². The first kappa shape index (κ1) is 21.6. The Morgan fingerprint density at radius 2 is 1.80 bits per heavy atom. The maximum absolute atomic E-state index is 9.31. The molecule has 1 heterocycles. The molecule has 1 saturated carbocycles. The summed E-state index contributed by atoms with van der Waals surface area (Å²) in [6.07, 6.45) is 9.33. The molecule has 0 spiro atoms. The summed E-state index contributed by atoms with van der Waals surface area (Å²) in [5.41, 5.74) is 5.90. The van der Waals surface area contributed by atoms with Crippen LogP contribution in [0.4, 0.5) is 0 Å². The molecule has 0 aromatic heterocycles. The molecular weight excluding hydrogens is 368 g/mol. The number of hydrogen-bond acceptors (Lipinski definition) is 3. The van der Waals surface area contributed by atoms with Crippen molar-refractivity contribution in [2.24, 2.45) is 17.8 Å². The van der Waals surface area contributed by atoms with E-state index in [9.17, 15) is 5.11 Å². The van der Waals surface area contributed by atoms with E-state index in [2.05, 4.69) is 80.3 Å². The molecule has 0 bridgehead atoms. The van der Waals surface area contributed by atoms with Gasteiger partial charge in [-0.2, -0.15) is 0 Å². The van der Waals surface area contributed by atoms with Crippen molar-refractivity contribution in [3.8, 4) is 0 Å². The van der Waals surface area contributed by atoms with Gasteiger partial charge in [-0.15, -0.1) is 0 Å². The van der Waals surface area contributed by atoms with E-state index in [4.69, 9.17) is 0 Å². The zero-order valence-electron chi connectivity index (χ0n) is 19.3. The Balaban J connectivity index is 1.27. The fraction of sp³-hybridized carbons (Fsp3) is 0.593. The predicted molar refractivity (Wildman–Crippen MR) is 125 cm³/mol. The smallest absolute Gasteiger partial charge is 0.0606 e. The first-order chi connectivity index (χ1) is 14.4. The average Bonchev–Trinajstić information content (AvgIpc) is 3.16. The Bertz CT molecular complexity index is 774. The summed E-state index contributed by atoms with van der Waals surface area (Å²) < 4.78 is 0. The summed E-state index contributed by atoms with van der Waals surface area (Å²) in [4.78, 5) is 4.94. The van der Waals surface area contributed by atoms with Crippen LogP contribution in [0.3, 0.4) is 0 Å². The van der Waals surface area contributed by atoms with Gasteiger partial charge in [0, 0.05) is 38.4 Å². The Labute approximate surface area is 183 Å². The number of likely N-dealkylation sites (tertiary alicyclic amines) is 1. The average molecular weight is 408 g/mol. The van der Waals surface area contributed by atoms with E-state index in [0.29, 0.717) is 0 Å². The zero-order chi connectivity index (χ0) is 21.3. The number of hydrogen-bond donors (Lipinski definition) is 1. The van der Waals surface area contributed by atoms with E-state index in [-0.39, 0.29) is 12.0 Å². The summed E-state index contributed by atoms with van der Waals surface area (Å²) in [5.74, 6) is 2.66. The highest BCUT2D eigenvalue weighted by atomic mass is 16.3. The summed E-state index contributed by atoms with van der Waals surface area (Å²) in [6, 6.07) is 9.26. The number of benzene rings is 1. The van der Waals surface area contributed by atoms with E-state index in [1.165, 1.54) is 41.9 Å². The largest absolute Gasteiger partial charge is 0.395 e. The van der Waals surface area contributed by atoms with Crippen LogP contribution in [-0.2, 0) is 12.0 Å². The van der Waals surface area contributed by atoms with Gasteiger partial charge in [-0.1, -0.05) is 56.7 Å². The highest BCUT2D eigenvalue weighted by Crippen LogP contribution is 2.55. The second kappa shape index (κ2) is 8.88. The summed E-state index contributed by atoms with van der Waals surface area (Å²) in [7, 11) is 0. The summed E-state index contributed by atoms with van der Waals surface area (Å²) in [6.45, 7) is 14.5. The van der Waals surface area contributed by atoms with Crippen LogP contribution in [0.1, 0.15) is 51.7 Å². The first-order valence-electron chi connectivity index (χ1n) is 11.8. The molecule has 2 unspecified atom stereocenters. The van der Waals surface area contributed by atoms with Crippen LogP contribution < -0.4 is 0 Å². The fourth-order valence-electron chi connectivity index (χ4n) is 5.40. The van der Waals surface area contributed by atoms with Crippen LogP contribution in [0.25, 0.3) is 0 Å². The lowest BCUT2D eigenvalue weighted by molar-refractivity contribution is 0.234. The van der Waals surface area contributed by atoms with Gasteiger partial charge in [0.25, 0.3) is 0 Å². The SMILES string of the molecule is CCN(CCO)C1=CC[CH]C(CC2C3CN(Cc4ccc(C(C)(C)C)cc4)CC23)=C1. The van der Waals surface area contributed by atoms with Crippen LogP contribution in [-0.4, -0.2) is 47.7 Å². The van der Waals surface area contributed by atoms with Gasteiger partial charge in [0.2, 0.25) is 0 Å². The number of likely N-dealkylation sites (N-methyl/N-ethyl adjacent to an activating group) is 1. The van der Waals surface area contributed by atoms with Crippen molar-refractivity contribution in [1.29, 1.82) is 0 Å². The third-order valence-electron chi connectivity index (χ3n) is 7.30. The van der Waals surface area contributed by atoms with Gasteiger partial charge in [0.1, 0.15) is 0 Å². The Morgan fingerprint density at radius 3 is 2.40 bits per heavy atom. The lowest BCUT2D eigenvalue weighted by atomic mass is 9.87. The van der Waals surface area contributed by atoms with E-state index in [1.807, 2.05) is 0 Å². The van der Waals surface area contributed by atoms with Crippen molar-refractivity contribution in [2.45, 2.75) is 52.5 Å². The Hall–Kier alpha value is -1.58. The fourth-order valence-corrected chi connectivity index (χ4v) is 5.40. The zero-order valence-corrected chi connectivity index (χ0v) is 19.3. The second-order valence-electron chi connectivity index (χ2n) is 10.4. The molecule has 1 N–H and O–H groups in total. The minimum absolute atomic E-state index is 0.222. The van der Waals surface area contributed by atoms with E-state index in [1.54, 1.807) is 0 Å². The molecule has 2 fully saturated rings. The van der Waals surface area contributed by atoms with Crippen molar-refractivity contribution in [1.82, 2.24) is 9.80 Å². The van der Waals surface area contributed by atoms with Crippen molar-refractivity contribution < 1.29 is 5.11 Å². The van der Waals surface area contributed by atoms with Crippen LogP contribution in [0, 0.1) is 24.2 Å². The molecule has 3 nitrogen and oxygen atoms in total. The highest BCUT2D eigenvalue weighted by molar-refractivity contribution is 5.34. The molecule has 1 aromatic carbocycles. The normalized spacial score (nSPS) is 26.2. The van der Waals surface area contributed by atoms with Crippen LogP contribution in [0.2, 0.25) is 0 Å². The quantitative estimate of drug-likeness (QED) is 0.671. The molecule has 4 rings (SSSR count). The van der Waals surface area contributed by atoms with Gasteiger partial charge >= 0.3 is 0 Å². The van der Waals surface area contributed by atoms with Gasteiger partial charge in [-0.05, 0) is 66.6 Å². The van der Waals surface area contributed by atoms with E-state index >= 15 is 0 Å². The number of fused-ring (bicyclic) bond motifs is 1. The van der Waals surface area contributed by atoms with Gasteiger partial charge in [-0.25, -0.2) is 0 Å². The van der Waals surface area contributed by atoms with Crippen LogP contribution >= 0.6 is 0 Å². The van der Waals surface area contributed by atoms with Crippen molar-refractivity contribution in [2.75, 3.05) is 32.8 Å². The third kappa shape index (κ3) is 4.84. The number of aliphatic hydroxyl groups excluding tert-OH is 1. The van der Waals surface area contributed by atoms with Gasteiger partial charge in [0.15, 0.2) is 0 Å². The maximum Gasteiger partial charge on any atom is 0.0606 e. The number of allylic oxidation sites excluding steroid dienone is 3. The van der Waals surface area contributed by atoms with Gasteiger partial charge < -0.3 is 10.0 Å². The second-order valence-corrected chi connectivity index (χ2v) is 10.4. The molecular formula is C27H39N2O. The van der Waals surface area contributed by atoms with Crippen LogP contribution in [0.15, 0.2) is 47.7 Å². The predicted octanol–water partition coefficient (Wildman–Crippen LogP) is 4.78. The van der Waals surface area contributed by atoms with E-state index < -0.39 is 0 Å². The molecule has 0 amide bonds. The Kier molecular flexibility index (Phi) is 6.41. The van der Waals surface area contributed by atoms with Gasteiger partial charge in [-0.3, -0.25) is 4.90 Å². The molecule has 30 heavy (non-hydrogen) atoms. The first-order valence-corrected chi connectivity index (χ1v) is 11.8. The molecule has 3 heteroatoms. The number of nitrogens with zero attached hydrogens (tertiary/aromatic N) is 2. The number of rotatable bonds is 8. The molecule has 1 radical (unpaired) electrons. The molecule has 163 valence electrons. The molecule has 2 aliphatic carbocycles. The Morgan fingerprint density at radius 1 is 1.10 bits per heavy atom. The van der Waals surface area contributed by atoms with Gasteiger partial charge in [0.05, 0.1) is 6.61 Å². The van der Waals surface area contributed by atoms with Crippen molar-refractivity contribution >= 4 is 0 Å². The van der Waals surface area contributed by atoms with Crippen molar-refractivity contribution in [3.05, 3.63) is 65.2 Å². The van der Waals surface area contributed by atoms with Crippen LogP contribution in [0.5, 0.6) is 0 Å². The number of piperidine rings is 1. The number of aliphatic hydroxyl groups is 1. The molecule has 1 aromatic rings. The standard InChI is InChI=1S/C27H39N2O/c1-5-29(13-14-30)23-8-6-7-21(15-23)16-24-25-18-28(19-26(24)25)17-20-9-11-22(12-10-20)27(2,3)4/h7-12,15,24-26,30H,5-6,13-14,16-19H2,1-4H3. The lowest BCUT2D eigenvalue weighted by Crippen LogP contribution is -2.26. The topological polar surface area (TPSA) is 26.7 Å².